The van der Waals surface area contributed by atoms with E-state index in [9.17, 15) is 0 Å². The molecule has 0 aliphatic heterocycles. The summed E-state index contributed by atoms with van der Waals surface area (Å²) in [5.74, 6) is 1.40. The smallest absolute Gasteiger partial charge is 0.132 e. The topological polar surface area (TPSA) is 22.1 Å². The van der Waals surface area contributed by atoms with Gasteiger partial charge in [0.25, 0.3) is 0 Å². The van der Waals surface area contributed by atoms with E-state index in [1.807, 2.05) is 26.0 Å². The number of halogens is 2. The zero-order chi connectivity index (χ0) is 12.4. The van der Waals surface area contributed by atoms with Crippen molar-refractivity contribution in [1.29, 1.82) is 0 Å². The van der Waals surface area contributed by atoms with Gasteiger partial charge in [-0.1, -0.05) is 23.2 Å². The minimum Gasteiger partial charge on any atom is -0.457 e. The highest BCUT2D eigenvalue weighted by molar-refractivity contribution is 6.32. The first-order valence-electron chi connectivity index (χ1n) is 5.12. The van der Waals surface area contributed by atoms with E-state index >= 15 is 0 Å². The van der Waals surface area contributed by atoms with E-state index in [0.29, 0.717) is 10.9 Å². The monoisotopic (exact) mass is 267 g/mol. The third-order valence-electron chi connectivity index (χ3n) is 2.34. The highest BCUT2D eigenvalue weighted by Crippen LogP contribution is 2.29. The summed E-state index contributed by atoms with van der Waals surface area (Å²) in [6, 6.07) is 7.21. The Labute approximate surface area is 110 Å². The third kappa shape index (κ3) is 2.90. The Morgan fingerprint density at radius 2 is 1.65 bits per heavy atom. The molecule has 0 spiro atoms. The second-order valence-electron chi connectivity index (χ2n) is 3.79. The summed E-state index contributed by atoms with van der Waals surface area (Å²) in [7, 11) is 0. The van der Waals surface area contributed by atoms with Gasteiger partial charge in [-0.25, -0.2) is 4.98 Å². The molecule has 2 aromatic rings. The molecule has 0 amide bonds. The fourth-order valence-corrected chi connectivity index (χ4v) is 1.82. The Balaban J connectivity index is 2.31. The molecule has 0 aliphatic rings. The molecule has 1 heterocycles. The van der Waals surface area contributed by atoms with Crippen LogP contribution in [0, 0.1) is 13.8 Å². The van der Waals surface area contributed by atoms with Crippen LogP contribution < -0.4 is 4.74 Å². The molecule has 2 nitrogen and oxygen atoms in total. The van der Waals surface area contributed by atoms with Crippen LogP contribution in [0.1, 0.15) is 11.1 Å². The third-order valence-corrected chi connectivity index (χ3v) is 3.15. The Morgan fingerprint density at radius 3 is 2.24 bits per heavy atom. The van der Waals surface area contributed by atoms with E-state index in [1.165, 1.54) is 0 Å². The van der Waals surface area contributed by atoms with Crippen LogP contribution >= 0.6 is 23.2 Å². The number of rotatable bonds is 2. The average Bonchev–Trinajstić information content (AvgIpc) is 2.26. The number of benzene rings is 1. The van der Waals surface area contributed by atoms with Crippen molar-refractivity contribution >= 4 is 23.2 Å². The molecule has 0 radical (unpaired) electrons. The number of aryl methyl sites for hydroxylation is 2. The summed E-state index contributed by atoms with van der Waals surface area (Å²) in [6.45, 7) is 3.89. The van der Waals surface area contributed by atoms with Gasteiger partial charge < -0.3 is 4.74 Å². The summed E-state index contributed by atoms with van der Waals surface area (Å²) in [5, 5.41) is 1.18. The minimum absolute atomic E-state index is 0.407. The fraction of sp³-hybridized carbons (Fsp3) is 0.154. The number of pyridine rings is 1. The molecule has 0 bridgehead atoms. The van der Waals surface area contributed by atoms with E-state index in [1.54, 1.807) is 18.3 Å². The van der Waals surface area contributed by atoms with Gasteiger partial charge in [-0.2, -0.15) is 0 Å². The van der Waals surface area contributed by atoms with Gasteiger partial charge in [-0.05, 0) is 43.2 Å². The van der Waals surface area contributed by atoms with Crippen molar-refractivity contribution in [2.75, 3.05) is 0 Å². The molecule has 1 aromatic carbocycles. The minimum atomic E-state index is 0.407. The molecule has 0 fully saturated rings. The lowest BCUT2D eigenvalue weighted by atomic mass is 10.1. The molecular weight excluding hydrogens is 257 g/mol. The molecule has 0 saturated carbocycles. The SMILES string of the molecule is Cc1cc(Oc2ccnc(Cl)c2)cc(C)c1Cl. The zero-order valence-corrected chi connectivity index (χ0v) is 11.0. The van der Waals surface area contributed by atoms with Crippen LogP contribution in [0.5, 0.6) is 11.5 Å². The maximum Gasteiger partial charge on any atom is 0.132 e. The van der Waals surface area contributed by atoms with Gasteiger partial charge in [0, 0.05) is 17.3 Å². The normalized spacial score (nSPS) is 10.4. The number of hydrogen-bond donors (Lipinski definition) is 0. The molecular formula is C13H11Cl2NO. The number of aromatic nitrogens is 1. The molecule has 0 aliphatic carbocycles. The predicted molar refractivity (Wildman–Crippen MR) is 70.2 cm³/mol. The molecule has 17 heavy (non-hydrogen) atoms. The van der Waals surface area contributed by atoms with Crippen molar-refractivity contribution in [3.05, 3.63) is 51.8 Å². The van der Waals surface area contributed by atoms with Gasteiger partial charge in [-0.15, -0.1) is 0 Å². The maximum absolute atomic E-state index is 6.09. The first-order valence-corrected chi connectivity index (χ1v) is 5.88. The first-order chi connectivity index (χ1) is 8.06. The van der Waals surface area contributed by atoms with Crippen LogP contribution in [-0.2, 0) is 0 Å². The molecule has 4 heteroatoms. The molecule has 2 rings (SSSR count). The van der Waals surface area contributed by atoms with Crippen molar-refractivity contribution in [3.8, 4) is 11.5 Å². The van der Waals surface area contributed by atoms with Crippen LogP contribution in [-0.4, -0.2) is 4.98 Å². The second kappa shape index (κ2) is 4.94. The summed E-state index contributed by atoms with van der Waals surface area (Å²) >= 11 is 11.9. The van der Waals surface area contributed by atoms with Crippen molar-refractivity contribution in [1.82, 2.24) is 4.98 Å². The van der Waals surface area contributed by atoms with Crippen molar-refractivity contribution in [3.63, 3.8) is 0 Å². The van der Waals surface area contributed by atoms with Gasteiger partial charge >= 0.3 is 0 Å². The van der Waals surface area contributed by atoms with E-state index in [-0.39, 0.29) is 0 Å². The number of hydrogen-bond acceptors (Lipinski definition) is 2. The number of nitrogens with zero attached hydrogens (tertiary/aromatic N) is 1. The lowest BCUT2D eigenvalue weighted by Crippen LogP contribution is -1.88. The van der Waals surface area contributed by atoms with Gasteiger partial charge in [-0.3, -0.25) is 0 Å². The van der Waals surface area contributed by atoms with Crippen LogP contribution in [0.4, 0.5) is 0 Å². The van der Waals surface area contributed by atoms with Gasteiger partial charge in [0.15, 0.2) is 0 Å². The average molecular weight is 268 g/mol. The van der Waals surface area contributed by atoms with E-state index < -0.39 is 0 Å². The molecule has 1 aromatic heterocycles. The Hall–Kier alpha value is -1.25. The molecule has 0 N–H and O–H groups in total. The van der Waals surface area contributed by atoms with Crippen molar-refractivity contribution in [2.45, 2.75) is 13.8 Å². The molecule has 0 unspecified atom stereocenters. The van der Waals surface area contributed by atoms with Crippen molar-refractivity contribution < 1.29 is 4.74 Å². The Kier molecular flexibility index (Phi) is 3.55. The lowest BCUT2D eigenvalue weighted by molar-refractivity contribution is 0.481. The summed E-state index contributed by atoms with van der Waals surface area (Å²) in [5.41, 5.74) is 1.98. The van der Waals surface area contributed by atoms with E-state index in [4.69, 9.17) is 27.9 Å². The fourth-order valence-electron chi connectivity index (χ4n) is 1.55. The second-order valence-corrected chi connectivity index (χ2v) is 4.55. The van der Waals surface area contributed by atoms with E-state index in [2.05, 4.69) is 4.98 Å². The Morgan fingerprint density at radius 1 is 1.00 bits per heavy atom. The van der Waals surface area contributed by atoms with Crippen LogP contribution in [0.15, 0.2) is 30.5 Å². The summed E-state index contributed by atoms with van der Waals surface area (Å²) < 4.78 is 5.69. The lowest BCUT2D eigenvalue weighted by Gasteiger charge is -2.09. The van der Waals surface area contributed by atoms with Gasteiger partial charge in [0.2, 0.25) is 0 Å². The van der Waals surface area contributed by atoms with Gasteiger partial charge in [0.1, 0.15) is 16.7 Å². The highest BCUT2D eigenvalue weighted by Gasteiger charge is 2.05. The van der Waals surface area contributed by atoms with Gasteiger partial charge in [0.05, 0.1) is 0 Å². The standard InChI is InChI=1S/C13H11Cl2NO/c1-8-5-11(6-9(2)13(8)15)17-10-3-4-16-12(14)7-10/h3-7H,1-2H3. The Bertz CT molecular complexity index is 532. The summed E-state index contributed by atoms with van der Waals surface area (Å²) in [6.07, 6.45) is 1.60. The largest absolute Gasteiger partial charge is 0.457 e. The maximum atomic E-state index is 6.09. The first kappa shape index (κ1) is 12.2. The van der Waals surface area contributed by atoms with Crippen molar-refractivity contribution in [2.24, 2.45) is 0 Å². The highest BCUT2D eigenvalue weighted by atomic mass is 35.5. The predicted octanol–water partition coefficient (Wildman–Crippen LogP) is 4.80. The molecule has 0 atom stereocenters. The number of ether oxygens (including phenoxy) is 1. The molecule has 88 valence electrons. The van der Waals surface area contributed by atoms with E-state index in [0.717, 1.165) is 21.9 Å². The zero-order valence-electron chi connectivity index (χ0n) is 9.50. The quantitative estimate of drug-likeness (QED) is 0.730. The van der Waals surface area contributed by atoms with Crippen LogP contribution in [0.3, 0.4) is 0 Å². The van der Waals surface area contributed by atoms with Crippen LogP contribution in [0.2, 0.25) is 10.2 Å². The van der Waals surface area contributed by atoms with Crippen LogP contribution in [0.25, 0.3) is 0 Å². The molecule has 0 saturated heterocycles. The summed E-state index contributed by atoms with van der Waals surface area (Å²) in [4.78, 5) is 3.89.